The van der Waals surface area contributed by atoms with Crippen molar-refractivity contribution in [2.75, 3.05) is 24.3 Å². The van der Waals surface area contributed by atoms with Crippen molar-refractivity contribution in [3.05, 3.63) is 89.5 Å². The highest BCUT2D eigenvalue weighted by Crippen LogP contribution is 2.30. The molecule has 0 aliphatic carbocycles. The van der Waals surface area contributed by atoms with Crippen LogP contribution in [0.3, 0.4) is 0 Å². The van der Waals surface area contributed by atoms with E-state index in [2.05, 4.69) is 5.32 Å². The van der Waals surface area contributed by atoms with E-state index in [1.165, 1.54) is 4.31 Å². The molecule has 3 aromatic carbocycles. The second-order valence-corrected chi connectivity index (χ2v) is 10.2. The predicted molar refractivity (Wildman–Crippen MR) is 127 cm³/mol. The van der Waals surface area contributed by atoms with Crippen molar-refractivity contribution >= 4 is 27.3 Å². The highest BCUT2D eigenvalue weighted by Gasteiger charge is 2.39. The summed E-state index contributed by atoms with van der Waals surface area (Å²) >= 11 is 0. The first kappa shape index (κ1) is 22.0. The van der Waals surface area contributed by atoms with Gasteiger partial charge in [0.15, 0.2) is 0 Å². The Morgan fingerprint density at radius 2 is 1.66 bits per heavy atom. The van der Waals surface area contributed by atoms with Crippen LogP contribution in [-0.4, -0.2) is 38.8 Å². The lowest BCUT2D eigenvalue weighted by molar-refractivity contribution is -0.120. The first-order valence-corrected chi connectivity index (χ1v) is 11.9. The van der Waals surface area contributed by atoms with E-state index < -0.39 is 16.1 Å². The van der Waals surface area contributed by atoms with E-state index in [1.807, 2.05) is 68.4 Å². The van der Waals surface area contributed by atoms with Gasteiger partial charge in [0.1, 0.15) is 6.04 Å². The van der Waals surface area contributed by atoms with Gasteiger partial charge in [0.25, 0.3) is 0 Å². The minimum Gasteiger partial charge on any atom is -0.378 e. The molecule has 166 valence electrons. The SMILES string of the molecule is Cc1ccc(S(=O)(=O)N2Cc3ccccc3CC2C(=O)Nc2cccc(N(C)C)c2)cc1. The van der Waals surface area contributed by atoms with Crippen LogP contribution in [0.15, 0.2) is 77.7 Å². The van der Waals surface area contributed by atoms with Gasteiger partial charge in [0.05, 0.1) is 4.90 Å². The molecule has 7 heteroatoms. The summed E-state index contributed by atoms with van der Waals surface area (Å²) in [5, 5.41) is 2.93. The van der Waals surface area contributed by atoms with Crippen molar-refractivity contribution in [3.8, 4) is 0 Å². The number of rotatable bonds is 5. The van der Waals surface area contributed by atoms with E-state index in [4.69, 9.17) is 0 Å². The van der Waals surface area contributed by atoms with E-state index >= 15 is 0 Å². The summed E-state index contributed by atoms with van der Waals surface area (Å²) in [7, 11) is -0.0143. The number of anilines is 2. The molecular weight excluding hydrogens is 422 g/mol. The Morgan fingerprint density at radius 3 is 2.34 bits per heavy atom. The second kappa shape index (κ2) is 8.76. The lowest BCUT2D eigenvalue weighted by atomic mass is 9.95. The first-order chi connectivity index (χ1) is 15.3. The molecule has 0 radical (unpaired) electrons. The van der Waals surface area contributed by atoms with Gasteiger partial charge < -0.3 is 10.2 Å². The van der Waals surface area contributed by atoms with E-state index in [-0.39, 0.29) is 17.3 Å². The zero-order valence-corrected chi connectivity index (χ0v) is 19.3. The fourth-order valence-corrected chi connectivity index (χ4v) is 5.47. The number of amides is 1. The molecule has 3 aromatic rings. The summed E-state index contributed by atoms with van der Waals surface area (Å²) in [5.74, 6) is -0.342. The number of fused-ring (bicyclic) bond motifs is 1. The number of sulfonamides is 1. The second-order valence-electron chi connectivity index (χ2n) is 8.29. The third kappa shape index (κ3) is 4.40. The lowest BCUT2D eigenvalue weighted by Crippen LogP contribution is -2.50. The maximum atomic E-state index is 13.6. The molecular formula is C25H27N3O3S. The normalized spacial score (nSPS) is 16.3. The van der Waals surface area contributed by atoms with Gasteiger partial charge in [-0.05, 0) is 54.8 Å². The molecule has 6 nitrogen and oxygen atoms in total. The fourth-order valence-electron chi connectivity index (χ4n) is 3.91. The Kier molecular flexibility index (Phi) is 6.04. The minimum atomic E-state index is -3.87. The number of aryl methyl sites for hydroxylation is 1. The van der Waals surface area contributed by atoms with Crippen LogP contribution in [0.25, 0.3) is 0 Å². The van der Waals surface area contributed by atoms with Crippen LogP contribution in [0.4, 0.5) is 11.4 Å². The van der Waals surface area contributed by atoms with Gasteiger partial charge in [-0.1, -0.05) is 48.0 Å². The highest BCUT2D eigenvalue weighted by atomic mass is 32.2. The number of nitrogens with zero attached hydrogens (tertiary/aromatic N) is 2. The third-order valence-electron chi connectivity index (χ3n) is 5.77. The topological polar surface area (TPSA) is 69.7 Å². The Hall–Kier alpha value is -3.16. The fraction of sp³-hybridized carbons (Fsp3) is 0.240. The van der Waals surface area contributed by atoms with Gasteiger partial charge in [-0.15, -0.1) is 0 Å². The number of carbonyl (C=O) groups is 1. The molecule has 0 fully saturated rings. The quantitative estimate of drug-likeness (QED) is 0.643. The largest absolute Gasteiger partial charge is 0.378 e. The van der Waals surface area contributed by atoms with Crippen molar-refractivity contribution in [2.45, 2.75) is 30.8 Å². The summed E-state index contributed by atoms with van der Waals surface area (Å²) in [4.78, 5) is 15.5. The summed E-state index contributed by atoms with van der Waals surface area (Å²) in [5.41, 5.74) is 4.46. The summed E-state index contributed by atoms with van der Waals surface area (Å²) in [6, 6.07) is 21.1. The van der Waals surface area contributed by atoms with Gasteiger partial charge in [0.2, 0.25) is 15.9 Å². The molecule has 1 aliphatic rings. The minimum absolute atomic E-state index is 0.155. The molecule has 4 rings (SSSR count). The van der Waals surface area contributed by atoms with Crippen LogP contribution in [0.1, 0.15) is 16.7 Å². The number of hydrogen-bond donors (Lipinski definition) is 1. The molecule has 0 aromatic heterocycles. The van der Waals surface area contributed by atoms with Crippen LogP contribution in [-0.2, 0) is 27.8 Å². The molecule has 32 heavy (non-hydrogen) atoms. The monoisotopic (exact) mass is 449 g/mol. The van der Waals surface area contributed by atoms with Gasteiger partial charge >= 0.3 is 0 Å². The molecule has 0 spiro atoms. The number of carbonyl (C=O) groups excluding carboxylic acids is 1. The van der Waals surface area contributed by atoms with Crippen LogP contribution < -0.4 is 10.2 Å². The van der Waals surface area contributed by atoms with E-state index in [1.54, 1.807) is 30.3 Å². The van der Waals surface area contributed by atoms with Crippen molar-refractivity contribution in [3.63, 3.8) is 0 Å². The Morgan fingerprint density at radius 1 is 0.969 bits per heavy atom. The molecule has 1 heterocycles. The van der Waals surface area contributed by atoms with Crippen molar-refractivity contribution in [1.82, 2.24) is 4.31 Å². The van der Waals surface area contributed by atoms with E-state index in [0.29, 0.717) is 12.1 Å². The molecule has 1 N–H and O–H groups in total. The summed E-state index contributed by atoms with van der Waals surface area (Å²) in [6.07, 6.45) is 0.320. The summed E-state index contributed by atoms with van der Waals surface area (Å²) in [6.45, 7) is 2.06. The molecule has 1 aliphatic heterocycles. The van der Waals surface area contributed by atoms with Crippen LogP contribution in [0.2, 0.25) is 0 Å². The van der Waals surface area contributed by atoms with Crippen molar-refractivity contribution < 1.29 is 13.2 Å². The number of nitrogens with one attached hydrogen (secondary N) is 1. The van der Waals surface area contributed by atoms with Crippen molar-refractivity contribution in [1.29, 1.82) is 0 Å². The number of hydrogen-bond acceptors (Lipinski definition) is 4. The molecule has 0 saturated carbocycles. The standard InChI is InChI=1S/C25H27N3O3S/c1-18-11-13-23(14-12-18)32(30,31)28-17-20-8-5-4-7-19(20)15-24(28)25(29)26-21-9-6-10-22(16-21)27(2)3/h4-14,16,24H,15,17H2,1-3H3,(H,26,29). The molecule has 1 unspecified atom stereocenters. The maximum Gasteiger partial charge on any atom is 0.244 e. The van der Waals surface area contributed by atoms with Crippen molar-refractivity contribution in [2.24, 2.45) is 0 Å². The molecule has 0 saturated heterocycles. The zero-order valence-electron chi connectivity index (χ0n) is 18.4. The Bertz CT molecular complexity index is 1240. The first-order valence-electron chi connectivity index (χ1n) is 10.5. The van der Waals surface area contributed by atoms with Gasteiger partial charge in [-0.2, -0.15) is 4.31 Å². The van der Waals surface area contributed by atoms with Crippen LogP contribution in [0, 0.1) is 6.92 Å². The average molecular weight is 450 g/mol. The number of benzene rings is 3. The molecule has 1 amide bonds. The average Bonchev–Trinajstić information content (AvgIpc) is 2.78. The van der Waals surface area contributed by atoms with Gasteiger partial charge in [-0.3, -0.25) is 4.79 Å². The van der Waals surface area contributed by atoms with Crippen LogP contribution in [0.5, 0.6) is 0 Å². The van der Waals surface area contributed by atoms with Gasteiger partial charge in [0, 0.05) is 32.0 Å². The Balaban J connectivity index is 1.69. The van der Waals surface area contributed by atoms with E-state index in [0.717, 1.165) is 22.4 Å². The smallest absolute Gasteiger partial charge is 0.244 e. The van der Waals surface area contributed by atoms with E-state index in [9.17, 15) is 13.2 Å². The highest BCUT2D eigenvalue weighted by molar-refractivity contribution is 7.89. The van der Waals surface area contributed by atoms with Crippen LogP contribution >= 0.6 is 0 Å². The predicted octanol–water partition coefficient (Wildman–Crippen LogP) is 3.82. The Labute approximate surface area is 189 Å². The maximum absolute atomic E-state index is 13.6. The zero-order chi connectivity index (χ0) is 22.9. The molecule has 0 bridgehead atoms. The summed E-state index contributed by atoms with van der Waals surface area (Å²) < 4.78 is 28.4. The van der Waals surface area contributed by atoms with Gasteiger partial charge in [-0.25, -0.2) is 8.42 Å². The lowest BCUT2D eigenvalue weighted by Gasteiger charge is -2.35. The third-order valence-corrected chi connectivity index (χ3v) is 7.63. The molecule has 1 atom stereocenters.